The van der Waals surface area contributed by atoms with Crippen LogP contribution in [0.5, 0.6) is 34.5 Å². The topological polar surface area (TPSA) is 179 Å². The molecule has 566 valence electrons. The van der Waals surface area contributed by atoms with Gasteiger partial charge in [0.1, 0.15) is 23.4 Å². The van der Waals surface area contributed by atoms with Crippen LogP contribution in [0, 0.1) is 35.2 Å². The molecule has 0 amide bonds. The third kappa shape index (κ3) is 20.1. The van der Waals surface area contributed by atoms with Gasteiger partial charge in [0.05, 0.1) is 21.3 Å². The van der Waals surface area contributed by atoms with Crippen molar-refractivity contribution in [3.05, 3.63) is 284 Å². The van der Waals surface area contributed by atoms with E-state index in [4.69, 9.17) is 72.7 Å². The third-order valence-corrected chi connectivity index (χ3v) is 19.8. The van der Waals surface area contributed by atoms with Crippen LogP contribution in [0.4, 0.5) is 26.3 Å². The highest BCUT2D eigenvalue weighted by Gasteiger charge is 2.62. The average molecular weight is 1540 g/mol. The summed E-state index contributed by atoms with van der Waals surface area (Å²) in [5, 5.41) is 12.5. The molecule has 3 aliphatic carbocycles. The van der Waals surface area contributed by atoms with Crippen molar-refractivity contribution in [2.24, 2.45) is 17.8 Å². The summed E-state index contributed by atoms with van der Waals surface area (Å²) in [6.07, 6.45) is -1.23. The number of aliphatic hydroxyl groups excluding tert-OH is 1. The van der Waals surface area contributed by atoms with Crippen LogP contribution in [0.15, 0.2) is 218 Å². The third-order valence-electron chi connectivity index (χ3n) is 19.0. The maximum atomic E-state index is 17.3. The van der Waals surface area contributed by atoms with Gasteiger partial charge in [0, 0.05) is 65.9 Å². The standard InChI is InChI=1S/2C29H27ClF2O5.C27H25ClF2O4/c2*1-18(33)36-26(17-19-8-15-24(31)25(16-19)37-23-6-4-3-5-7-23)29(32,28(34)35-2)27(20-9-10-20)21-11-13-22(30)14-12-21;1-33-26(32)27(30,25(18-8-9-18)19-10-12-20(28)13-11-19)24(31)16-17-7-14-22(29)23(15-17)34-21-5-3-2-4-6-21/h2*3-8,11-16,20,26-27H,9-10,17H2,1-2H3;2-7,10-15,18,24-25,31H,8-9,16H2,1H3/t26?,27-,29?;26-,27+,29+;24?,25-,27?/m010/s1. The molecular weight excluding hydrogens is 1470 g/mol. The first kappa shape index (κ1) is 80.7. The Morgan fingerprint density at radius 1 is 0.389 bits per heavy atom. The minimum atomic E-state index is -2.72. The van der Waals surface area contributed by atoms with E-state index in [-0.39, 0.29) is 54.3 Å². The lowest BCUT2D eigenvalue weighted by Crippen LogP contribution is -2.54. The Kier molecular flexibility index (Phi) is 27.2. The highest BCUT2D eigenvalue weighted by atomic mass is 35.5. The van der Waals surface area contributed by atoms with E-state index < -0.39 is 100 Å². The molecule has 3 saturated carbocycles. The first-order chi connectivity index (χ1) is 51.8. The number of rotatable bonds is 29. The molecule has 3 fully saturated rings. The molecule has 0 radical (unpaired) electrons. The Balaban J connectivity index is 0.000000173. The number of alkyl halides is 3. The number of halogens is 9. The number of para-hydroxylation sites is 3. The summed E-state index contributed by atoms with van der Waals surface area (Å²) in [6.45, 7) is 2.29. The van der Waals surface area contributed by atoms with Crippen LogP contribution in [0.1, 0.15) is 104 Å². The molecule has 14 nitrogen and oxygen atoms in total. The van der Waals surface area contributed by atoms with Crippen molar-refractivity contribution in [1.82, 2.24) is 0 Å². The van der Waals surface area contributed by atoms with Gasteiger partial charge in [-0.15, -0.1) is 0 Å². The van der Waals surface area contributed by atoms with Crippen molar-refractivity contribution in [1.29, 1.82) is 0 Å². The Morgan fingerprint density at radius 3 is 0.907 bits per heavy atom. The van der Waals surface area contributed by atoms with E-state index in [1.54, 1.807) is 164 Å². The molecule has 0 heterocycles. The minimum absolute atomic E-state index is 0.0603. The quantitative estimate of drug-likeness (QED) is 0.0266. The Bertz CT molecular complexity index is 4340. The zero-order chi connectivity index (χ0) is 77.5. The van der Waals surface area contributed by atoms with Crippen molar-refractivity contribution < 1.29 is 93.3 Å². The van der Waals surface area contributed by atoms with Crippen molar-refractivity contribution in [3.63, 3.8) is 0 Å². The van der Waals surface area contributed by atoms with Crippen molar-refractivity contribution in [2.75, 3.05) is 21.3 Å². The number of ether oxygens (including phenoxy) is 8. The molecule has 108 heavy (non-hydrogen) atoms. The zero-order valence-electron chi connectivity index (χ0n) is 59.5. The molecule has 9 aromatic carbocycles. The van der Waals surface area contributed by atoms with Gasteiger partial charge >= 0.3 is 29.8 Å². The van der Waals surface area contributed by atoms with E-state index in [0.29, 0.717) is 91.4 Å². The fourth-order valence-corrected chi connectivity index (χ4v) is 14.0. The second-order valence-corrected chi connectivity index (χ2v) is 28.1. The lowest BCUT2D eigenvalue weighted by molar-refractivity contribution is -0.178. The van der Waals surface area contributed by atoms with Crippen LogP contribution >= 0.6 is 34.8 Å². The molecule has 9 aromatic rings. The van der Waals surface area contributed by atoms with Crippen molar-refractivity contribution >= 4 is 64.6 Å². The molecule has 0 spiro atoms. The van der Waals surface area contributed by atoms with Crippen LogP contribution < -0.4 is 14.2 Å². The monoisotopic (exact) mass is 1540 g/mol. The second kappa shape index (κ2) is 36.4. The number of carbonyl (C=O) groups is 5. The van der Waals surface area contributed by atoms with Gasteiger partial charge in [-0.3, -0.25) is 9.59 Å². The van der Waals surface area contributed by atoms with Crippen LogP contribution in [-0.4, -0.2) is 91.6 Å². The summed E-state index contributed by atoms with van der Waals surface area (Å²) in [5.74, 6) is -8.97. The number of hydrogen-bond donors (Lipinski definition) is 1. The van der Waals surface area contributed by atoms with Gasteiger partial charge in [-0.2, -0.15) is 0 Å². The van der Waals surface area contributed by atoms with Crippen molar-refractivity contribution in [2.45, 2.75) is 125 Å². The Hall–Kier alpha value is -9.86. The molecule has 4 unspecified atom stereocenters. The summed E-state index contributed by atoms with van der Waals surface area (Å²) in [4.78, 5) is 63.2. The summed E-state index contributed by atoms with van der Waals surface area (Å²) < 4.78 is 137. The Morgan fingerprint density at radius 2 is 0.648 bits per heavy atom. The molecule has 12 rings (SSSR count). The van der Waals surface area contributed by atoms with Gasteiger partial charge in [0.15, 0.2) is 46.9 Å². The fourth-order valence-electron chi connectivity index (χ4n) is 13.6. The molecule has 1 N–H and O–H groups in total. The maximum Gasteiger partial charge on any atom is 0.348 e. The summed E-state index contributed by atoms with van der Waals surface area (Å²) in [7, 11) is 3.28. The molecule has 3 aliphatic rings. The molecule has 0 bridgehead atoms. The number of esters is 5. The second-order valence-electron chi connectivity index (χ2n) is 26.7. The number of benzene rings is 9. The van der Waals surface area contributed by atoms with E-state index in [9.17, 15) is 42.3 Å². The molecule has 0 saturated heterocycles. The van der Waals surface area contributed by atoms with E-state index in [1.807, 2.05) is 0 Å². The van der Waals surface area contributed by atoms with E-state index >= 15 is 13.2 Å². The van der Waals surface area contributed by atoms with Crippen molar-refractivity contribution in [3.8, 4) is 34.5 Å². The maximum absolute atomic E-state index is 17.3. The van der Waals surface area contributed by atoms with Gasteiger partial charge in [0.2, 0.25) is 5.67 Å². The molecule has 0 aliphatic heterocycles. The first-order valence-corrected chi connectivity index (χ1v) is 36.0. The minimum Gasteiger partial charge on any atom is -0.467 e. The summed E-state index contributed by atoms with van der Waals surface area (Å²) in [5.41, 5.74) is -5.26. The molecule has 23 heteroatoms. The van der Waals surface area contributed by atoms with Gasteiger partial charge in [-0.25, -0.2) is 40.7 Å². The first-order valence-electron chi connectivity index (χ1n) is 34.9. The lowest BCUT2D eigenvalue weighted by atomic mass is 9.75. The molecular formula is C85H79Cl3F6O14. The Labute approximate surface area is 637 Å². The van der Waals surface area contributed by atoms with Crippen LogP contribution in [0.25, 0.3) is 0 Å². The normalized spacial score (nSPS) is 16.4. The zero-order valence-corrected chi connectivity index (χ0v) is 61.8. The van der Waals surface area contributed by atoms with E-state index in [1.165, 1.54) is 54.6 Å². The van der Waals surface area contributed by atoms with Gasteiger partial charge < -0.3 is 43.0 Å². The van der Waals surface area contributed by atoms with Crippen LogP contribution in [-0.2, 0) is 66.9 Å². The predicted octanol–water partition coefficient (Wildman–Crippen LogP) is 19.9. The number of aliphatic hydroxyl groups is 1. The highest BCUT2D eigenvalue weighted by Crippen LogP contribution is 2.56. The SMILES string of the molecule is COC(=O)C(F)(C(Cc1ccc(F)c(Oc2ccccc2)c1)OC(C)=O)[C@H](c1ccc(Cl)cc1)C1CC1.COC(=O)C(F)(C(O)Cc1ccc(F)c(Oc2ccccc2)c1)[C@H](c1ccc(Cl)cc1)C1CC1.COC(=O)[C@@](F)([C@H](c1ccc(Cl)cc1)C1CC1)[C@@H](Cc1ccc(F)c(Oc2ccccc2)c1)OC(C)=O. The largest absolute Gasteiger partial charge is 0.467 e. The van der Waals surface area contributed by atoms with E-state index in [2.05, 4.69) is 0 Å². The number of hydrogen-bond acceptors (Lipinski definition) is 14. The molecule has 9 atom stereocenters. The summed E-state index contributed by atoms with van der Waals surface area (Å²) in [6, 6.07) is 57.8. The predicted molar refractivity (Wildman–Crippen MR) is 395 cm³/mol. The number of carbonyl (C=O) groups excluding carboxylic acids is 5. The molecule has 0 aromatic heterocycles. The smallest absolute Gasteiger partial charge is 0.348 e. The van der Waals surface area contributed by atoms with Gasteiger partial charge in [-0.05, 0) is 199 Å². The lowest BCUT2D eigenvalue weighted by Gasteiger charge is -2.37. The average Bonchev–Trinajstić information content (AvgIpc) is 1.47. The number of methoxy groups -OCH3 is 3. The van der Waals surface area contributed by atoms with Crippen LogP contribution in [0.2, 0.25) is 15.1 Å². The summed E-state index contributed by atoms with van der Waals surface area (Å²) >= 11 is 18.1. The van der Waals surface area contributed by atoms with Gasteiger partial charge in [-0.1, -0.05) is 144 Å². The van der Waals surface area contributed by atoms with Crippen LogP contribution in [0.3, 0.4) is 0 Å². The van der Waals surface area contributed by atoms with Gasteiger partial charge in [0.25, 0.3) is 11.3 Å². The van der Waals surface area contributed by atoms with E-state index in [0.717, 1.165) is 48.0 Å². The highest BCUT2D eigenvalue weighted by molar-refractivity contribution is 6.31. The fraction of sp³-hybridized carbons (Fsp3) is 0.306.